The third-order valence-electron chi connectivity index (χ3n) is 3.26. The molecule has 0 aromatic rings. The van der Waals surface area contributed by atoms with Crippen LogP contribution in [0.2, 0.25) is 0 Å². The van der Waals surface area contributed by atoms with Gasteiger partial charge in [-0.25, -0.2) is 0 Å². The first kappa shape index (κ1) is 10.0. The largest absolute Gasteiger partial charge is 0.389 e. The molecule has 2 nitrogen and oxygen atoms in total. The molecular weight excluding hydrogens is 150 g/mol. The maximum Gasteiger partial charge on any atom is 0.0722 e. The molecule has 0 aliphatic carbocycles. The van der Waals surface area contributed by atoms with Gasteiger partial charge in [0.25, 0.3) is 0 Å². The average molecular weight is 171 g/mol. The lowest BCUT2D eigenvalue weighted by atomic mass is 9.73. The molecule has 1 aliphatic heterocycles. The summed E-state index contributed by atoms with van der Waals surface area (Å²) >= 11 is 0. The molecule has 1 fully saturated rings. The topological polar surface area (TPSA) is 32.3 Å². The highest BCUT2D eigenvalue weighted by molar-refractivity contribution is 4.93. The molecule has 12 heavy (non-hydrogen) atoms. The Bertz CT molecular complexity index is 137. The Morgan fingerprint density at radius 3 is 2.25 bits per heavy atom. The predicted octanol–water partition coefficient (Wildman–Crippen LogP) is 1.39. The fourth-order valence-electron chi connectivity index (χ4n) is 2.25. The Morgan fingerprint density at radius 2 is 1.83 bits per heavy atom. The van der Waals surface area contributed by atoms with Gasteiger partial charge in [-0.1, -0.05) is 27.2 Å². The van der Waals surface area contributed by atoms with Crippen LogP contribution in [0.25, 0.3) is 0 Å². The summed E-state index contributed by atoms with van der Waals surface area (Å²) < 4.78 is 0. The van der Waals surface area contributed by atoms with Gasteiger partial charge in [0, 0.05) is 13.1 Å². The molecule has 72 valence electrons. The molecule has 0 saturated carbocycles. The molecule has 2 unspecified atom stereocenters. The van der Waals surface area contributed by atoms with Crippen LogP contribution in [-0.2, 0) is 0 Å². The lowest BCUT2D eigenvalue weighted by Crippen LogP contribution is -2.54. The quantitative estimate of drug-likeness (QED) is 0.658. The van der Waals surface area contributed by atoms with Crippen LogP contribution in [0.15, 0.2) is 0 Å². The summed E-state index contributed by atoms with van der Waals surface area (Å²) in [7, 11) is 0. The Hall–Kier alpha value is -0.0800. The van der Waals surface area contributed by atoms with Gasteiger partial charge in [0.05, 0.1) is 5.60 Å². The summed E-state index contributed by atoms with van der Waals surface area (Å²) in [6, 6.07) is 0. The standard InChI is InChI=1S/C10H21NO/c1-4-5-10(12)8(2)6-11-7-9(10)3/h8-9,11-12H,4-7H2,1-3H3. The molecule has 1 rings (SSSR count). The summed E-state index contributed by atoms with van der Waals surface area (Å²) in [5.74, 6) is 0.780. The van der Waals surface area contributed by atoms with Crippen molar-refractivity contribution < 1.29 is 5.11 Å². The average Bonchev–Trinajstić information content (AvgIpc) is 2.02. The second-order valence-electron chi connectivity index (χ2n) is 4.20. The van der Waals surface area contributed by atoms with E-state index in [1.165, 1.54) is 0 Å². The molecule has 0 radical (unpaired) electrons. The smallest absolute Gasteiger partial charge is 0.0722 e. The Morgan fingerprint density at radius 1 is 1.33 bits per heavy atom. The third-order valence-corrected chi connectivity index (χ3v) is 3.26. The molecule has 1 aliphatic rings. The van der Waals surface area contributed by atoms with Crippen molar-refractivity contribution in [2.75, 3.05) is 13.1 Å². The molecule has 2 heteroatoms. The Balaban J connectivity index is 2.66. The second kappa shape index (κ2) is 3.75. The first-order valence-electron chi connectivity index (χ1n) is 5.04. The Labute approximate surface area is 75.4 Å². The molecule has 1 saturated heterocycles. The van der Waals surface area contributed by atoms with Gasteiger partial charge in [0.2, 0.25) is 0 Å². The third kappa shape index (κ3) is 1.64. The molecule has 0 bridgehead atoms. The van der Waals surface area contributed by atoms with Crippen LogP contribution in [0.3, 0.4) is 0 Å². The summed E-state index contributed by atoms with van der Waals surface area (Å²) in [4.78, 5) is 0. The minimum Gasteiger partial charge on any atom is -0.389 e. The van der Waals surface area contributed by atoms with E-state index in [2.05, 4.69) is 26.1 Å². The minimum atomic E-state index is -0.417. The van der Waals surface area contributed by atoms with Crippen LogP contribution in [0.5, 0.6) is 0 Å². The van der Waals surface area contributed by atoms with Gasteiger partial charge in [-0.05, 0) is 18.3 Å². The van der Waals surface area contributed by atoms with Crippen molar-refractivity contribution >= 4 is 0 Å². The zero-order valence-corrected chi connectivity index (χ0v) is 8.43. The van der Waals surface area contributed by atoms with Gasteiger partial charge in [-0.15, -0.1) is 0 Å². The van der Waals surface area contributed by atoms with Gasteiger partial charge >= 0.3 is 0 Å². The molecule has 0 aromatic heterocycles. The highest BCUT2D eigenvalue weighted by Crippen LogP contribution is 2.33. The van der Waals surface area contributed by atoms with Crippen molar-refractivity contribution in [1.82, 2.24) is 5.32 Å². The maximum absolute atomic E-state index is 10.4. The van der Waals surface area contributed by atoms with Crippen LogP contribution in [0, 0.1) is 11.8 Å². The van der Waals surface area contributed by atoms with Crippen LogP contribution in [0.1, 0.15) is 33.6 Å². The summed E-state index contributed by atoms with van der Waals surface area (Å²) in [5.41, 5.74) is -0.417. The van der Waals surface area contributed by atoms with E-state index < -0.39 is 5.60 Å². The second-order valence-corrected chi connectivity index (χ2v) is 4.20. The van der Waals surface area contributed by atoms with E-state index in [-0.39, 0.29) is 0 Å². The van der Waals surface area contributed by atoms with Crippen molar-refractivity contribution in [3.63, 3.8) is 0 Å². The fourth-order valence-corrected chi connectivity index (χ4v) is 2.25. The summed E-state index contributed by atoms with van der Waals surface area (Å²) in [6.07, 6.45) is 2.02. The van der Waals surface area contributed by atoms with E-state index in [4.69, 9.17) is 0 Å². The summed E-state index contributed by atoms with van der Waals surface area (Å²) in [6.45, 7) is 8.33. The van der Waals surface area contributed by atoms with Gasteiger partial charge in [-0.3, -0.25) is 0 Å². The molecule has 0 aromatic carbocycles. The fraction of sp³-hybridized carbons (Fsp3) is 1.00. The number of aliphatic hydroxyl groups is 1. The van der Waals surface area contributed by atoms with Gasteiger partial charge in [-0.2, -0.15) is 0 Å². The van der Waals surface area contributed by atoms with Crippen LogP contribution in [0.4, 0.5) is 0 Å². The minimum absolute atomic E-state index is 0.390. The number of hydrogen-bond donors (Lipinski definition) is 2. The Kier molecular flexibility index (Phi) is 3.13. The van der Waals surface area contributed by atoms with Gasteiger partial charge in [0.15, 0.2) is 0 Å². The van der Waals surface area contributed by atoms with E-state index >= 15 is 0 Å². The zero-order valence-electron chi connectivity index (χ0n) is 8.43. The van der Waals surface area contributed by atoms with Crippen molar-refractivity contribution in [2.24, 2.45) is 11.8 Å². The van der Waals surface area contributed by atoms with Crippen molar-refractivity contribution in [2.45, 2.75) is 39.2 Å². The number of hydrogen-bond acceptors (Lipinski definition) is 2. The SMILES string of the molecule is CCCC1(O)C(C)CNCC1C. The molecule has 0 amide bonds. The van der Waals surface area contributed by atoms with Crippen LogP contribution in [-0.4, -0.2) is 23.8 Å². The highest BCUT2D eigenvalue weighted by atomic mass is 16.3. The maximum atomic E-state index is 10.4. The normalized spacial score (nSPS) is 43.0. The van der Waals surface area contributed by atoms with Crippen molar-refractivity contribution in [1.29, 1.82) is 0 Å². The predicted molar refractivity (Wildman–Crippen MR) is 51.1 cm³/mol. The zero-order chi connectivity index (χ0) is 9.19. The van der Waals surface area contributed by atoms with Crippen LogP contribution < -0.4 is 5.32 Å². The van der Waals surface area contributed by atoms with E-state index in [1.54, 1.807) is 0 Å². The van der Waals surface area contributed by atoms with Gasteiger partial charge in [0.1, 0.15) is 0 Å². The van der Waals surface area contributed by atoms with Crippen LogP contribution >= 0.6 is 0 Å². The van der Waals surface area contributed by atoms with E-state index in [0.717, 1.165) is 25.9 Å². The van der Waals surface area contributed by atoms with E-state index in [0.29, 0.717) is 11.8 Å². The summed E-state index contributed by atoms with van der Waals surface area (Å²) in [5, 5.41) is 13.7. The van der Waals surface area contributed by atoms with E-state index in [9.17, 15) is 5.11 Å². The molecule has 0 spiro atoms. The molecule has 1 heterocycles. The number of nitrogens with one attached hydrogen (secondary N) is 1. The molecular formula is C10H21NO. The lowest BCUT2D eigenvalue weighted by Gasteiger charge is -2.43. The van der Waals surface area contributed by atoms with Crippen molar-refractivity contribution in [3.05, 3.63) is 0 Å². The van der Waals surface area contributed by atoms with Gasteiger partial charge < -0.3 is 10.4 Å². The number of piperidine rings is 1. The lowest BCUT2D eigenvalue weighted by molar-refractivity contribution is -0.0804. The molecule has 2 N–H and O–H groups in total. The van der Waals surface area contributed by atoms with E-state index in [1.807, 2.05) is 0 Å². The molecule has 2 atom stereocenters. The van der Waals surface area contributed by atoms with Crippen molar-refractivity contribution in [3.8, 4) is 0 Å². The highest BCUT2D eigenvalue weighted by Gasteiger charge is 2.40. The number of rotatable bonds is 2. The monoisotopic (exact) mass is 171 g/mol. The first-order valence-corrected chi connectivity index (χ1v) is 5.04. The first-order chi connectivity index (χ1) is 5.61.